The van der Waals surface area contributed by atoms with Gasteiger partial charge in [-0.3, -0.25) is 19.3 Å². The minimum Gasteiger partial charge on any atom is -0.379 e. The van der Waals surface area contributed by atoms with Crippen LogP contribution in [0.4, 0.5) is 5.13 Å². The van der Waals surface area contributed by atoms with Crippen LogP contribution in [-0.2, 0) is 4.74 Å². The Balaban J connectivity index is 1.68. The van der Waals surface area contributed by atoms with Crippen LogP contribution >= 0.6 is 22.9 Å². The molecule has 31 heavy (non-hydrogen) atoms. The van der Waals surface area contributed by atoms with E-state index in [1.54, 1.807) is 4.90 Å². The van der Waals surface area contributed by atoms with Gasteiger partial charge in [0.05, 0.1) is 28.5 Å². The van der Waals surface area contributed by atoms with Crippen molar-refractivity contribution in [3.05, 3.63) is 40.2 Å². The van der Waals surface area contributed by atoms with Crippen LogP contribution in [0, 0.1) is 13.8 Å². The van der Waals surface area contributed by atoms with Crippen molar-refractivity contribution in [3.8, 4) is 0 Å². The lowest BCUT2D eigenvalue weighted by Crippen LogP contribution is -2.43. The molecule has 1 aliphatic heterocycles. The number of aromatic nitrogens is 3. The first-order valence-corrected chi connectivity index (χ1v) is 11.8. The van der Waals surface area contributed by atoms with Crippen LogP contribution in [0.15, 0.2) is 18.2 Å². The van der Waals surface area contributed by atoms with Gasteiger partial charge in [-0.05, 0) is 45.4 Å². The molecule has 1 aromatic carbocycles. The number of rotatable bonds is 6. The number of ether oxygens (including phenoxy) is 1. The molecule has 1 aliphatic rings. The maximum Gasteiger partial charge on any atom is 0.280 e. The monoisotopic (exact) mass is 461 g/mol. The number of anilines is 1. The molecule has 1 saturated heterocycles. The highest BCUT2D eigenvalue weighted by molar-refractivity contribution is 7.23. The second kappa shape index (κ2) is 9.24. The lowest BCUT2D eigenvalue weighted by Gasteiger charge is -2.29. The van der Waals surface area contributed by atoms with E-state index in [1.165, 1.54) is 11.3 Å². The molecule has 0 bridgehead atoms. The Hall–Kier alpha value is -2.00. The van der Waals surface area contributed by atoms with Gasteiger partial charge < -0.3 is 4.74 Å². The maximum absolute atomic E-state index is 13.6. The van der Waals surface area contributed by atoms with Gasteiger partial charge in [-0.2, -0.15) is 5.10 Å². The minimum atomic E-state index is -0.136. The van der Waals surface area contributed by atoms with Crippen LogP contribution in [-0.4, -0.2) is 65.0 Å². The second-order valence-corrected chi connectivity index (χ2v) is 9.54. The summed E-state index contributed by atoms with van der Waals surface area (Å²) >= 11 is 7.89. The number of hydrogen-bond donors (Lipinski definition) is 0. The average molecular weight is 462 g/mol. The van der Waals surface area contributed by atoms with E-state index >= 15 is 0 Å². The molecule has 0 unspecified atom stereocenters. The van der Waals surface area contributed by atoms with Crippen LogP contribution in [0.5, 0.6) is 0 Å². The van der Waals surface area contributed by atoms with Crippen LogP contribution in [0.1, 0.15) is 41.6 Å². The average Bonchev–Trinajstić information content (AvgIpc) is 3.37. The van der Waals surface area contributed by atoms with Crippen LogP contribution in [0.2, 0.25) is 5.02 Å². The minimum absolute atomic E-state index is 0.136. The molecule has 9 heteroatoms. The number of carbonyl (C=O) groups excluding carboxylic acids is 1. The number of benzene rings is 1. The van der Waals surface area contributed by atoms with E-state index in [1.807, 2.05) is 36.7 Å². The van der Waals surface area contributed by atoms with Crippen molar-refractivity contribution in [1.82, 2.24) is 19.7 Å². The SMILES string of the molecule is Cc1ccc(Cl)c2sc(N(CCN3CCOCC3)C(=O)c3cc(C)n(C(C)C)n3)nc12. The highest BCUT2D eigenvalue weighted by Crippen LogP contribution is 2.36. The van der Waals surface area contributed by atoms with E-state index < -0.39 is 0 Å². The zero-order valence-electron chi connectivity index (χ0n) is 18.4. The van der Waals surface area contributed by atoms with E-state index in [-0.39, 0.29) is 11.9 Å². The number of aryl methyl sites for hydroxylation is 2. The Labute approximate surface area is 191 Å². The summed E-state index contributed by atoms with van der Waals surface area (Å²) in [4.78, 5) is 22.5. The number of carbonyl (C=O) groups is 1. The third-order valence-electron chi connectivity index (χ3n) is 5.54. The zero-order chi connectivity index (χ0) is 22.1. The van der Waals surface area contributed by atoms with E-state index in [9.17, 15) is 4.79 Å². The number of amides is 1. The number of halogens is 1. The summed E-state index contributed by atoms with van der Waals surface area (Å²) in [7, 11) is 0. The molecule has 4 rings (SSSR count). The van der Waals surface area contributed by atoms with E-state index in [2.05, 4.69) is 23.8 Å². The Morgan fingerprint density at radius 1 is 1.29 bits per heavy atom. The summed E-state index contributed by atoms with van der Waals surface area (Å²) in [5, 5.41) is 5.89. The van der Waals surface area contributed by atoms with Gasteiger partial charge in [0.15, 0.2) is 10.8 Å². The molecular formula is C22H28ClN5O2S. The molecule has 0 radical (unpaired) electrons. The molecule has 0 spiro atoms. The van der Waals surface area contributed by atoms with Gasteiger partial charge in [-0.15, -0.1) is 0 Å². The number of thiazole rings is 1. The molecule has 0 N–H and O–H groups in total. The Morgan fingerprint density at radius 2 is 2.03 bits per heavy atom. The summed E-state index contributed by atoms with van der Waals surface area (Å²) in [5.41, 5.74) is 3.30. The summed E-state index contributed by atoms with van der Waals surface area (Å²) in [6.07, 6.45) is 0. The topological polar surface area (TPSA) is 63.5 Å². The molecule has 0 atom stereocenters. The molecule has 166 valence electrons. The first kappa shape index (κ1) is 22.2. The van der Waals surface area contributed by atoms with Crippen molar-refractivity contribution in [2.75, 3.05) is 44.3 Å². The molecule has 0 aliphatic carbocycles. The first-order chi connectivity index (χ1) is 14.8. The van der Waals surface area contributed by atoms with Crippen molar-refractivity contribution < 1.29 is 9.53 Å². The van der Waals surface area contributed by atoms with Crippen molar-refractivity contribution in [1.29, 1.82) is 0 Å². The first-order valence-electron chi connectivity index (χ1n) is 10.6. The van der Waals surface area contributed by atoms with Crippen LogP contribution in [0.3, 0.4) is 0 Å². The van der Waals surface area contributed by atoms with E-state index in [0.29, 0.717) is 22.4 Å². The second-order valence-electron chi connectivity index (χ2n) is 8.16. The summed E-state index contributed by atoms with van der Waals surface area (Å²) in [6.45, 7) is 12.6. The van der Waals surface area contributed by atoms with E-state index in [4.69, 9.17) is 21.3 Å². The van der Waals surface area contributed by atoms with Gasteiger partial charge in [-0.1, -0.05) is 29.0 Å². The van der Waals surface area contributed by atoms with Gasteiger partial charge in [0.1, 0.15) is 0 Å². The Morgan fingerprint density at radius 3 is 2.68 bits per heavy atom. The molecule has 1 amide bonds. The standard InChI is InChI=1S/C22H28ClN5O2S/c1-14(2)28-16(4)13-18(25-28)21(29)27(8-7-26-9-11-30-12-10-26)22-24-19-15(3)5-6-17(23)20(19)31-22/h5-6,13-14H,7-12H2,1-4H3. The van der Waals surface area contributed by atoms with Crippen molar-refractivity contribution in [3.63, 3.8) is 0 Å². The fourth-order valence-corrected chi connectivity index (χ4v) is 5.15. The quantitative estimate of drug-likeness (QED) is 0.547. The van der Waals surface area contributed by atoms with Gasteiger partial charge in [-0.25, -0.2) is 4.98 Å². The Bertz CT molecular complexity index is 1050. The Kier molecular flexibility index (Phi) is 6.62. The largest absolute Gasteiger partial charge is 0.379 e. The highest BCUT2D eigenvalue weighted by atomic mass is 35.5. The predicted octanol–water partition coefficient (Wildman–Crippen LogP) is 4.32. The molecule has 0 saturated carbocycles. The van der Waals surface area contributed by atoms with Crippen molar-refractivity contribution in [2.45, 2.75) is 33.7 Å². The van der Waals surface area contributed by atoms with Gasteiger partial charge in [0.2, 0.25) is 0 Å². The summed E-state index contributed by atoms with van der Waals surface area (Å²) in [6, 6.07) is 5.89. The van der Waals surface area contributed by atoms with Gasteiger partial charge in [0, 0.05) is 37.9 Å². The normalized spacial score (nSPS) is 15.2. The molecule has 3 heterocycles. The van der Waals surface area contributed by atoms with Gasteiger partial charge in [0.25, 0.3) is 5.91 Å². The third-order valence-corrected chi connectivity index (χ3v) is 7.07. The fourth-order valence-electron chi connectivity index (χ4n) is 3.81. The zero-order valence-corrected chi connectivity index (χ0v) is 20.0. The summed E-state index contributed by atoms with van der Waals surface area (Å²) < 4.78 is 8.24. The van der Waals surface area contributed by atoms with Crippen molar-refractivity contribution in [2.24, 2.45) is 0 Å². The van der Waals surface area contributed by atoms with Crippen LogP contribution < -0.4 is 4.90 Å². The van der Waals surface area contributed by atoms with E-state index in [0.717, 1.165) is 54.3 Å². The third kappa shape index (κ3) is 4.62. The molecule has 1 fully saturated rings. The van der Waals surface area contributed by atoms with Crippen LogP contribution in [0.25, 0.3) is 10.2 Å². The van der Waals surface area contributed by atoms with Crippen molar-refractivity contribution >= 4 is 44.2 Å². The lowest BCUT2D eigenvalue weighted by atomic mass is 10.2. The smallest absolute Gasteiger partial charge is 0.280 e. The lowest BCUT2D eigenvalue weighted by molar-refractivity contribution is 0.0391. The fraction of sp³-hybridized carbons (Fsp3) is 0.500. The molecular weight excluding hydrogens is 434 g/mol. The molecule has 3 aromatic rings. The number of nitrogens with zero attached hydrogens (tertiary/aromatic N) is 5. The number of morpholine rings is 1. The van der Waals surface area contributed by atoms with Gasteiger partial charge >= 0.3 is 0 Å². The highest BCUT2D eigenvalue weighted by Gasteiger charge is 2.26. The number of hydrogen-bond acceptors (Lipinski definition) is 6. The predicted molar refractivity (Wildman–Crippen MR) is 126 cm³/mol. The maximum atomic E-state index is 13.6. The summed E-state index contributed by atoms with van der Waals surface area (Å²) in [5.74, 6) is -0.136. The molecule has 7 nitrogen and oxygen atoms in total. The number of fused-ring (bicyclic) bond motifs is 1. The molecule has 2 aromatic heterocycles.